The van der Waals surface area contributed by atoms with Crippen LogP contribution in [0, 0.1) is 0 Å². The van der Waals surface area contributed by atoms with Crippen molar-refractivity contribution < 1.29 is 24.5 Å². The third-order valence-electron chi connectivity index (χ3n) is 11.9. The van der Waals surface area contributed by atoms with Crippen LogP contribution in [0.3, 0.4) is 0 Å². The van der Waals surface area contributed by atoms with E-state index in [1.165, 1.54) is 173 Å². The van der Waals surface area contributed by atoms with Gasteiger partial charge in [-0.2, -0.15) is 0 Å². The predicted octanol–water partition coefficient (Wildman–Crippen LogP) is 15.7. The van der Waals surface area contributed by atoms with Crippen LogP contribution in [0.15, 0.2) is 36.5 Å². The van der Waals surface area contributed by atoms with Gasteiger partial charge in [-0.25, -0.2) is 0 Å². The van der Waals surface area contributed by atoms with E-state index in [-0.39, 0.29) is 18.5 Å². The van der Waals surface area contributed by atoms with Crippen LogP contribution in [0.1, 0.15) is 271 Å². The summed E-state index contributed by atoms with van der Waals surface area (Å²) in [6, 6.07) is -0.640. The lowest BCUT2D eigenvalue weighted by atomic mass is 10.0. The zero-order valence-corrected chi connectivity index (χ0v) is 39.9. The standard InChI is InChI=1S/C54H101NO5/c1-3-5-7-9-11-13-15-17-19-21-23-28-32-36-40-44-48-54(59)60-49-45-41-37-33-29-25-24-27-31-35-39-43-47-53(58)55-51(50-56)52(57)46-42-38-34-30-26-22-20-18-16-14-12-10-8-6-4-2/h13,15,19,21,42,46,51-52,56-57H,3-12,14,16-18,20,22-41,43-45,47-50H2,1-2H3,(H,55,58)/b15-13-,21-19-,46-42+. The molecule has 0 rings (SSSR count). The molecule has 0 spiro atoms. The summed E-state index contributed by atoms with van der Waals surface area (Å²) >= 11 is 0. The number of allylic oxidation sites excluding steroid dienone is 5. The Morgan fingerprint density at radius 3 is 1.28 bits per heavy atom. The minimum atomic E-state index is -0.855. The van der Waals surface area contributed by atoms with Gasteiger partial charge in [0.15, 0.2) is 0 Å². The van der Waals surface area contributed by atoms with Gasteiger partial charge in [-0.3, -0.25) is 9.59 Å². The molecule has 0 bridgehead atoms. The molecule has 2 atom stereocenters. The van der Waals surface area contributed by atoms with Crippen molar-refractivity contribution in [2.24, 2.45) is 0 Å². The summed E-state index contributed by atoms with van der Waals surface area (Å²) in [7, 11) is 0. The van der Waals surface area contributed by atoms with Crippen LogP contribution in [-0.2, 0) is 14.3 Å². The van der Waals surface area contributed by atoms with E-state index >= 15 is 0 Å². The predicted molar refractivity (Wildman–Crippen MR) is 259 cm³/mol. The maximum Gasteiger partial charge on any atom is 0.305 e. The number of aliphatic hydroxyl groups is 2. The van der Waals surface area contributed by atoms with Gasteiger partial charge in [-0.1, -0.05) is 230 Å². The molecule has 0 fully saturated rings. The van der Waals surface area contributed by atoms with Crippen molar-refractivity contribution in [3.05, 3.63) is 36.5 Å². The Morgan fingerprint density at radius 1 is 0.467 bits per heavy atom. The lowest BCUT2D eigenvalue weighted by Crippen LogP contribution is -2.45. The molecule has 0 aromatic rings. The van der Waals surface area contributed by atoms with E-state index in [0.717, 1.165) is 70.6 Å². The van der Waals surface area contributed by atoms with E-state index in [4.69, 9.17) is 4.74 Å². The summed E-state index contributed by atoms with van der Waals surface area (Å²) < 4.78 is 5.46. The molecule has 60 heavy (non-hydrogen) atoms. The molecular formula is C54H101NO5. The van der Waals surface area contributed by atoms with Gasteiger partial charge < -0.3 is 20.3 Å². The lowest BCUT2D eigenvalue weighted by molar-refractivity contribution is -0.143. The van der Waals surface area contributed by atoms with Gasteiger partial charge in [0.2, 0.25) is 5.91 Å². The fourth-order valence-electron chi connectivity index (χ4n) is 7.84. The molecule has 0 radical (unpaired) electrons. The Bertz CT molecular complexity index is 977. The third kappa shape index (κ3) is 45.6. The summed E-state index contributed by atoms with van der Waals surface area (Å²) in [5, 5.41) is 23.1. The van der Waals surface area contributed by atoms with Gasteiger partial charge in [-0.05, 0) is 64.2 Å². The summed E-state index contributed by atoms with van der Waals surface area (Å²) in [5.41, 5.74) is 0. The first-order chi connectivity index (χ1) is 29.5. The van der Waals surface area contributed by atoms with E-state index in [1.807, 2.05) is 6.08 Å². The van der Waals surface area contributed by atoms with Crippen LogP contribution in [-0.4, -0.2) is 47.4 Å². The molecule has 0 aromatic carbocycles. The van der Waals surface area contributed by atoms with Crippen LogP contribution in [0.25, 0.3) is 0 Å². The van der Waals surface area contributed by atoms with Crippen molar-refractivity contribution in [2.75, 3.05) is 13.2 Å². The van der Waals surface area contributed by atoms with Crippen molar-refractivity contribution >= 4 is 11.9 Å². The second kappa shape index (κ2) is 49.7. The summed E-state index contributed by atoms with van der Waals surface area (Å²) in [6.07, 6.45) is 59.9. The molecule has 0 aromatic heterocycles. The number of amides is 1. The molecule has 3 N–H and O–H groups in total. The van der Waals surface area contributed by atoms with E-state index in [2.05, 4.69) is 43.5 Å². The van der Waals surface area contributed by atoms with Gasteiger partial charge in [0.05, 0.1) is 25.4 Å². The molecule has 0 aliphatic carbocycles. The fourth-order valence-corrected chi connectivity index (χ4v) is 7.84. The van der Waals surface area contributed by atoms with Crippen molar-refractivity contribution in [2.45, 2.75) is 283 Å². The number of aliphatic hydroxyl groups excluding tert-OH is 2. The smallest absolute Gasteiger partial charge is 0.305 e. The first-order valence-corrected chi connectivity index (χ1v) is 26.3. The molecular weight excluding hydrogens is 743 g/mol. The first kappa shape index (κ1) is 58.1. The summed E-state index contributed by atoms with van der Waals surface area (Å²) in [6.45, 7) is 4.84. The summed E-state index contributed by atoms with van der Waals surface area (Å²) in [4.78, 5) is 24.5. The van der Waals surface area contributed by atoms with Gasteiger partial charge in [0.1, 0.15) is 0 Å². The van der Waals surface area contributed by atoms with Gasteiger partial charge in [0, 0.05) is 12.8 Å². The molecule has 0 saturated carbocycles. The monoisotopic (exact) mass is 844 g/mol. The molecule has 6 heteroatoms. The van der Waals surface area contributed by atoms with Crippen LogP contribution in [0.5, 0.6) is 0 Å². The number of ether oxygens (including phenoxy) is 1. The highest BCUT2D eigenvalue weighted by Gasteiger charge is 2.18. The maximum absolute atomic E-state index is 12.4. The Kier molecular flexibility index (Phi) is 48.1. The number of carbonyl (C=O) groups is 2. The Hall–Kier alpha value is -1.92. The zero-order valence-electron chi connectivity index (χ0n) is 39.9. The molecule has 0 aliphatic rings. The second-order valence-corrected chi connectivity index (χ2v) is 17.9. The largest absolute Gasteiger partial charge is 0.466 e. The number of hydrogen-bond acceptors (Lipinski definition) is 5. The van der Waals surface area contributed by atoms with E-state index in [0.29, 0.717) is 19.4 Å². The molecule has 352 valence electrons. The SMILES string of the molecule is CCCCCC/C=C\C/C=C\CCCCCCCC(=O)OCCCCCCCCCCCCCCC(=O)NC(CO)C(O)/C=C/CCCCCCCCCCCCCCC. The van der Waals surface area contributed by atoms with Gasteiger partial charge >= 0.3 is 5.97 Å². The van der Waals surface area contributed by atoms with Crippen molar-refractivity contribution in [1.29, 1.82) is 0 Å². The van der Waals surface area contributed by atoms with Gasteiger partial charge in [0.25, 0.3) is 0 Å². The number of rotatable bonds is 48. The second-order valence-electron chi connectivity index (χ2n) is 17.9. The van der Waals surface area contributed by atoms with Crippen molar-refractivity contribution in [3.8, 4) is 0 Å². The number of hydrogen-bond donors (Lipinski definition) is 3. The Balaban J connectivity index is 3.51. The minimum Gasteiger partial charge on any atom is -0.466 e. The average Bonchev–Trinajstić information content (AvgIpc) is 3.25. The molecule has 2 unspecified atom stereocenters. The molecule has 1 amide bonds. The zero-order chi connectivity index (χ0) is 43.7. The number of esters is 1. The average molecular weight is 844 g/mol. The molecule has 6 nitrogen and oxygen atoms in total. The highest BCUT2D eigenvalue weighted by Crippen LogP contribution is 2.15. The van der Waals surface area contributed by atoms with Crippen LogP contribution >= 0.6 is 0 Å². The normalized spacial score (nSPS) is 12.9. The lowest BCUT2D eigenvalue weighted by Gasteiger charge is -2.20. The van der Waals surface area contributed by atoms with Crippen LogP contribution in [0.2, 0.25) is 0 Å². The Labute approximate surface area is 373 Å². The van der Waals surface area contributed by atoms with Crippen molar-refractivity contribution in [1.82, 2.24) is 5.32 Å². The Morgan fingerprint density at radius 2 is 0.833 bits per heavy atom. The summed E-state index contributed by atoms with van der Waals surface area (Å²) in [5.74, 6) is -0.109. The molecule has 0 aliphatic heterocycles. The maximum atomic E-state index is 12.4. The number of unbranched alkanes of at least 4 members (excludes halogenated alkanes) is 33. The minimum absolute atomic E-state index is 0.0247. The molecule has 0 heterocycles. The number of carbonyl (C=O) groups excluding carboxylic acids is 2. The highest BCUT2D eigenvalue weighted by atomic mass is 16.5. The van der Waals surface area contributed by atoms with Crippen molar-refractivity contribution in [3.63, 3.8) is 0 Å². The van der Waals surface area contributed by atoms with Gasteiger partial charge in [-0.15, -0.1) is 0 Å². The van der Waals surface area contributed by atoms with Crippen LogP contribution < -0.4 is 5.32 Å². The fraction of sp³-hybridized carbons (Fsp3) is 0.852. The van der Waals surface area contributed by atoms with E-state index in [9.17, 15) is 19.8 Å². The van der Waals surface area contributed by atoms with E-state index in [1.54, 1.807) is 6.08 Å². The van der Waals surface area contributed by atoms with Crippen LogP contribution in [0.4, 0.5) is 0 Å². The number of nitrogens with one attached hydrogen (secondary N) is 1. The van der Waals surface area contributed by atoms with E-state index < -0.39 is 12.1 Å². The first-order valence-electron chi connectivity index (χ1n) is 26.3. The third-order valence-corrected chi connectivity index (χ3v) is 11.9. The quantitative estimate of drug-likeness (QED) is 0.0322. The molecule has 0 saturated heterocycles. The highest BCUT2D eigenvalue weighted by molar-refractivity contribution is 5.76. The topological polar surface area (TPSA) is 95.9 Å².